The fourth-order valence-electron chi connectivity index (χ4n) is 3.66. The summed E-state index contributed by atoms with van der Waals surface area (Å²) in [6, 6.07) is 0.525. The van der Waals surface area contributed by atoms with Crippen LogP contribution in [0.25, 0.3) is 0 Å². The molecule has 0 amide bonds. The van der Waals surface area contributed by atoms with Gasteiger partial charge >= 0.3 is 0 Å². The molecule has 2 fully saturated rings. The molecule has 0 spiro atoms. The maximum atomic E-state index is 11.8. The lowest BCUT2D eigenvalue weighted by molar-refractivity contribution is 0.203. The number of hydrogen-bond donors (Lipinski definition) is 1. The van der Waals surface area contributed by atoms with Crippen LogP contribution in [0.3, 0.4) is 0 Å². The molecule has 3 unspecified atom stereocenters. The highest BCUT2D eigenvalue weighted by molar-refractivity contribution is 7.91. The van der Waals surface area contributed by atoms with Crippen LogP contribution >= 0.6 is 0 Å². The molecule has 2 rings (SSSR count). The van der Waals surface area contributed by atoms with Crippen molar-refractivity contribution in [1.29, 1.82) is 0 Å². The van der Waals surface area contributed by atoms with E-state index in [4.69, 9.17) is 0 Å². The molecule has 0 aliphatic heterocycles. The van der Waals surface area contributed by atoms with Crippen LogP contribution in [0.1, 0.15) is 58.8 Å². The second-order valence-corrected chi connectivity index (χ2v) is 9.29. The maximum Gasteiger partial charge on any atom is 0.150 e. The first-order chi connectivity index (χ1) is 8.87. The van der Waals surface area contributed by atoms with E-state index in [0.29, 0.717) is 17.4 Å². The number of nitrogens with one attached hydrogen (secondary N) is 1. The van der Waals surface area contributed by atoms with E-state index in [2.05, 4.69) is 19.2 Å². The van der Waals surface area contributed by atoms with Gasteiger partial charge in [-0.15, -0.1) is 0 Å². The number of sulfone groups is 1. The molecular weight excluding hydrogens is 258 g/mol. The Bertz CT molecular complexity index is 400. The molecule has 19 heavy (non-hydrogen) atoms. The average Bonchev–Trinajstić information content (AvgIpc) is 3.08. The van der Waals surface area contributed by atoms with Crippen LogP contribution < -0.4 is 5.32 Å². The van der Waals surface area contributed by atoms with Crippen molar-refractivity contribution in [1.82, 2.24) is 5.32 Å². The molecule has 2 aliphatic rings. The summed E-state index contributed by atoms with van der Waals surface area (Å²) in [5, 5.41) is 3.62. The molecule has 0 radical (unpaired) electrons. The molecule has 0 aromatic carbocycles. The average molecular weight is 287 g/mol. The molecule has 3 atom stereocenters. The fourth-order valence-corrected chi connectivity index (χ4v) is 4.85. The zero-order valence-electron chi connectivity index (χ0n) is 12.6. The third kappa shape index (κ3) is 3.72. The first-order valence-corrected chi connectivity index (χ1v) is 9.74. The van der Waals surface area contributed by atoms with Gasteiger partial charge in [-0.05, 0) is 56.4 Å². The minimum absolute atomic E-state index is 0.0977. The summed E-state index contributed by atoms with van der Waals surface area (Å²) in [6.07, 6.45) is 9.17. The van der Waals surface area contributed by atoms with Crippen LogP contribution in [0, 0.1) is 11.3 Å². The van der Waals surface area contributed by atoms with Crippen LogP contribution in [0.4, 0.5) is 0 Å². The van der Waals surface area contributed by atoms with Gasteiger partial charge in [0.05, 0.1) is 5.25 Å². The summed E-state index contributed by atoms with van der Waals surface area (Å²) in [7, 11) is -2.87. The molecule has 112 valence electrons. The predicted octanol–water partition coefficient (Wildman–Crippen LogP) is 2.76. The van der Waals surface area contributed by atoms with Gasteiger partial charge in [0.25, 0.3) is 0 Å². The Kier molecular flexibility index (Phi) is 4.61. The van der Waals surface area contributed by atoms with Crippen LogP contribution in [0.2, 0.25) is 0 Å². The molecule has 2 aliphatic carbocycles. The van der Waals surface area contributed by atoms with Crippen molar-refractivity contribution in [3.8, 4) is 0 Å². The Labute approximate surface area is 118 Å². The van der Waals surface area contributed by atoms with Gasteiger partial charge < -0.3 is 5.32 Å². The maximum absolute atomic E-state index is 11.8. The lowest BCUT2D eigenvalue weighted by Crippen LogP contribution is -2.46. The smallest absolute Gasteiger partial charge is 0.150 e. The van der Waals surface area contributed by atoms with Crippen molar-refractivity contribution in [3.05, 3.63) is 0 Å². The van der Waals surface area contributed by atoms with Crippen molar-refractivity contribution in [2.45, 2.75) is 70.1 Å². The predicted molar refractivity (Wildman–Crippen MR) is 80.0 cm³/mol. The molecule has 0 bridgehead atoms. The highest BCUT2D eigenvalue weighted by atomic mass is 32.2. The monoisotopic (exact) mass is 287 g/mol. The summed E-state index contributed by atoms with van der Waals surface area (Å²) in [5.41, 5.74) is 0.430. The van der Waals surface area contributed by atoms with E-state index in [1.807, 2.05) is 0 Å². The molecule has 0 aromatic rings. The largest absolute Gasteiger partial charge is 0.313 e. The van der Waals surface area contributed by atoms with Gasteiger partial charge in [0.15, 0.2) is 0 Å². The summed E-state index contributed by atoms with van der Waals surface area (Å²) < 4.78 is 23.6. The molecule has 2 saturated carbocycles. The Morgan fingerprint density at radius 1 is 1.32 bits per heavy atom. The summed E-state index contributed by atoms with van der Waals surface area (Å²) in [5.74, 6) is 0.549. The molecule has 0 heterocycles. The quantitative estimate of drug-likeness (QED) is 0.817. The Balaban J connectivity index is 2.04. The van der Waals surface area contributed by atoms with Gasteiger partial charge in [-0.2, -0.15) is 0 Å². The summed E-state index contributed by atoms with van der Waals surface area (Å²) in [4.78, 5) is 0. The molecular formula is C15H29NO2S. The van der Waals surface area contributed by atoms with Crippen molar-refractivity contribution in [2.75, 3.05) is 12.8 Å². The lowest BCUT2D eigenvalue weighted by Gasteiger charge is -2.38. The SMILES string of the molecule is CCCNC(C1CCCC(S(C)(=O)=O)C1)C1(C)CC1. The minimum Gasteiger partial charge on any atom is -0.313 e. The summed E-state index contributed by atoms with van der Waals surface area (Å²) in [6.45, 7) is 5.62. The van der Waals surface area contributed by atoms with Gasteiger partial charge in [0, 0.05) is 12.3 Å². The van der Waals surface area contributed by atoms with Crippen LogP contribution in [-0.4, -0.2) is 32.5 Å². The first kappa shape index (κ1) is 15.3. The zero-order chi connectivity index (χ0) is 14.1. The minimum atomic E-state index is -2.87. The van der Waals surface area contributed by atoms with E-state index in [0.717, 1.165) is 32.2 Å². The molecule has 4 heteroatoms. The highest BCUT2D eigenvalue weighted by Crippen LogP contribution is 2.52. The van der Waals surface area contributed by atoms with Gasteiger partial charge in [-0.1, -0.05) is 20.3 Å². The van der Waals surface area contributed by atoms with Gasteiger partial charge in [-0.25, -0.2) is 8.42 Å². The summed E-state index contributed by atoms with van der Waals surface area (Å²) >= 11 is 0. The van der Waals surface area contributed by atoms with Crippen molar-refractivity contribution in [3.63, 3.8) is 0 Å². The first-order valence-electron chi connectivity index (χ1n) is 7.79. The normalized spacial score (nSPS) is 31.9. The van der Waals surface area contributed by atoms with Crippen LogP contribution in [0.5, 0.6) is 0 Å². The van der Waals surface area contributed by atoms with E-state index >= 15 is 0 Å². The Hall–Kier alpha value is -0.0900. The molecule has 3 nitrogen and oxygen atoms in total. The van der Waals surface area contributed by atoms with E-state index in [9.17, 15) is 8.42 Å². The third-order valence-electron chi connectivity index (χ3n) is 5.15. The van der Waals surface area contributed by atoms with Crippen molar-refractivity contribution in [2.24, 2.45) is 11.3 Å². The van der Waals surface area contributed by atoms with Gasteiger partial charge in [-0.3, -0.25) is 0 Å². The van der Waals surface area contributed by atoms with Crippen LogP contribution in [-0.2, 0) is 9.84 Å². The van der Waals surface area contributed by atoms with Crippen molar-refractivity contribution >= 4 is 9.84 Å². The van der Waals surface area contributed by atoms with E-state index < -0.39 is 9.84 Å². The second kappa shape index (κ2) is 5.72. The van der Waals surface area contributed by atoms with E-state index in [1.54, 1.807) is 0 Å². The van der Waals surface area contributed by atoms with Crippen LogP contribution in [0.15, 0.2) is 0 Å². The van der Waals surface area contributed by atoms with E-state index in [1.165, 1.54) is 25.5 Å². The Morgan fingerprint density at radius 3 is 2.53 bits per heavy atom. The lowest BCUT2D eigenvalue weighted by atomic mass is 9.77. The topological polar surface area (TPSA) is 46.2 Å². The highest BCUT2D eigenvalue weighted by Gasteiger charge is 2.48. The second-order valence-electron chi connectivity index (χ2n) is 6.96. The molecule has 0 aromatic heterocycles. The number of hydrogen-bond acceptors (Lipinski definition) is 3. The Morgan fingerprint density at radius 2 is 2.00 bits per heavy atom. The van der Waals surface area contributed by atoms with Crippen molar-refractivity contribution < 1.29 is 8.42 Å². The standard InChI is InChI=1S/C15H29NO2S/c1-4-10-16-14(15(2)8-9-15)12-6-5-7-13(11-12)19(3,17)18/h12-14,16H,4-11H2,1-3H3. The fraction of sp³-hybridized carbons (Fsp3) is 1.00. The van der Waals surface area contributed by atoms with Gasteiger partial charge in [0.1, 0.15) is 9.84 Å². The zero-order valence-corrected chi connectivity index (χ0v) is 13.4. The number of rotatable bonds is 6. The molecule has 1 N–H and O–H groups in total. The molecule has 0 saturated heterocycles. The third-order valence-corrected chi connectivity index (χ3v) is 6.79. The van der Waals surface area contributed by atoms with Gasteiger partial charge in [0.2, 0.25) is 0 Å². The van der Waals surface area contributed by atoms with E-state index in [-0.39, 0.29) is 5.25 Å².